The molecule has 0 unspecified atom stereocenters. The van der Waals surface area contributed by atoms with Gasteiger partial charge in [0, 0.05) is 11.1 Å². The highest BCUT2D eigenvalue weighted by molar-refractivity contribution is 9.08. The normalized spacial score (nSPS) is 11.2. The third-order valence-electron chi connectivity index (χ3n) is 2.22. The number of aromatic nitrogens is 2. The Morgan fingerprint density at radius 1 is 1.50 bits per heavy atom. The van der Waals surface area contributed by atoms with E-state index in [1.165, 1.54) is 12.1 Å². The Labute approximate surface area is 98.0 Å². The van der Waals surface area contributed by atoms with Crippen LogP contribution in [0.4, 0.5) is 8.78 Å². The van der Waals surface area contributed by atoms with Crippen molar-refractivity contribution in [2.24, 2.45) is 0 Å². The van der Waals surface area contributed by atoms with Crippen LogP contribution >= 0.6 is 15.9 Å². The van der Waals surface area contributed by atoms with E-state index >= 15 is 0 Å². The summed E-state index contributed by atoms with van der Waals surface area (Å²) < 4.78 is 25.3. The molecule has 1 aromatic carbocycles. The number of carbonyl (C=O) groups is 1. The number of hydrogen-bond acceptors (Lipinski definition) is 2. The molecule has 0 radical (unpaired) electrons. The van der Waals surface area contributed by atoms with Gasteiger partial charge in [-0.05, 0) is 12.1 Å². The fourth-order valence-electron chi connectivity index (χ4n) is 1.50. The number of carbonyl (C=O) groups excluding carboxylic acids is 1. The van der Waals surface area contributed by atoms with E-state index in [1.807, 2.05) is 0 Å². The average molecular weight is 289 g/mol. The third kappa shape index (κ3) is 1.84. The summed E-state index contributed by atoms with van der Waals surface area (Å²) in [6.07, 6.45) is -2.25. The zero-order chi connectivity index (χ0) is 11.7. The summed E-state index contributed by atoms with van der Waals surface area (Å²) in [4.78, 5) is 17.7. The molecule has 2 aromatic rings. The second-order valence-electron chi connectivity index (χ2n) is 3.23. The van der Waals surface area contributed by atoms with Crippen LogP contribution < -0.4 is 0 Å². The Hall–Kier alpha value is -1.30. The van der Waals surface area contributed by atoms with Gasteiger partial charge in [0.1, 0.15) is 5.82 Å². The van der Waals surface area contributed by atoms with E-state index in [0.717, 1.165) is 0 Å². The Bertz CT molecular complexity index is 539. The fourth-order valence-corrected chi connectivity index (χ4v) is 1.76. The largest absolute Gasteiger partial charge is 0.341 e. The molecule has 0 saturated heterocycles. The SMILES string of the molecule is O=Cc1cc2nc(CBr)[nH]c2cc1C(F)F. The van der Waals surface area contributed by atoms with Gasteiger partial charge in [-0.2, -0.15) is 0 Å². The van der Waals surface area contributed by atoms with Gasteiger partial charge < -0.3 is 4.98 Å². The number of benzene rings is 1. The van der Waals surface area contributed by atoms with Crippen molar-refractivity contribution in [3.63, 3.8) is 0 Å². The van der Waals surface area contributed by atoms with Crippen molar-refractivity contribution in [3.05, 3.63) is 29.1 Å². The van der Waals surface area contributed by atoms with E-state index < -0.39 is 6.43 Å². The summed E-state index contributed by atoms with van der Waals surface area (Å²) in [6.45, 7) is 0. The molecule has 1 aromatic heterocycles. The Balaban J connectivity index is 2.67. The lowest BCUT2D eigenvalue weighted by Gasteiger charge is -2.02. The Morgan fingerprint density at radius 3 is 2.81 bits per heavy atom. The number of nitrogens with zero attached hydrogens (tertiary/aromatic N) is 1. The first-order valence-electron chi connectivity index (χ1n) is 4.47. The standard InChI is InChI=1S/C10H7BrF2N2O/c11-3-9-14-7-1-5(4-16)6(10(12)13)2-8(7)15-9/h1-2,4,10H,3H2,(H,14,15). The van der Waals surface area contributed by atoms with E-state index in [2.05, 4.69) is 25.9 Å². The fraction of sp³-hybridized carbons (Fsp3) is 0.200. The highest BCUT2D eigenvalue weighted by Gasteiger charge is 2.15. The zero-order valence-corrected chi connectivity index (χ0v) is 9.59. The van der Waals surface area contributed by atoms with Crippen LogP contribution in [0.2, 0.25) is 0 Å². The number of hydrogen-bond donors (Lipinski definition) is 1. The maximum absolute atomic E-state index is 12.6. The van der Waals surface area contributed by atoms with Gasteiger partial charge in [0.05, 0.1) is 16.4 Å². The van der Waals surface area contributed by atoms with Crippen molar-refractivity contribution in [1.29, 1.82) is 0 Å². The van der Waals surface area contributed by atoms with Crippen molar-refractivity contribution >= 4 is 33.2 Å². The molecule has 1 N–H and O–H groups in total. The molecule has 0 aliphatic heterocycles. The van der Waals surface area contributed by atoms with Crippen molar-refractivity contribution in [3.8, 4) is 0 Å². The Kier molecular flexibility index (Phi) is 3.00. The van der Waals surface area contributed by atoms with Crippen LogP contribution in [0.3, 0.4) is 0 Å². The van der Waals surface area contributed by atoms with E-state index in [0.29, 0.717) is 28.5 Å². The first-order valence-corrected chi connectivity index (χ1v) is 5.59. The molecule has 0 spiro atoms. The summed E-state index contributed by atoms with van der Waals surface area (Å²) in [5.41, 5.74) is 0.735. The van der Waals surface area contributed by atoms with Gasteiger partial charge in [0.15, 0.2) is 6.29 Å². The second kappa shape index (κ2) is 4.29. The van der Waals surface area contributed by atoms with Gasteiger partial charge >= 0.3 is 0 Å². The van der Waals surface area contributed by atoms with Crippen molar-refractivity contribution < 1.29 is 13.6 Å². The Morgan fingerprint density at radius 2 is 2.25 bits per heavy atom. The molecule has 0 aliphatic rings. The molecule has 1 heterocycles. The molecule has 0 aliphatic carbocycles. The molecule has 0 fully saturated rings. The summed E-state index contributed by atoms with van der Waals surface area (Å²) in [5, 5.41) is 0.502. The van der Waals surface area contributed by atoms with Crippen molar-refractivity contribution in [2.45, 2.75) is 11.8 Å². The molecule has 84 valence electrons. The zero-order valence-electron chi connectivity index (χ0n) is 8.01. The molecule has 2 rings (SSSR count). The van der Waals surface area contributed by atoms with Gasteiger partial charge in [-0.25, -0.2) is 13.8 Å². The van der Waals surface area contributed by atoms with Gasteiger partial charge in [-0.3, -0.25) is 4.79 Å². The van der Waals surface area contributed by atoms with Crippen LogP contribution in [0.1, 0.15) is 28.2 Å². The monoisotopic (exact) mass is 288 g/mol. The second-order valence-corrected chi connectivity index (χ2v) is 3.79. The number of rotatable bonds is 3. The summed E-state index contributed by atoms with van der Waals surface area (Å²) in [6, 6.07) is 2.63. The highest BCUT2D eigenvalue weighted by Crippen LogP contribution is 2.26. The molecular weight excluding hydrogens is 282 g/mol. The van der Waals surface area contributed by atoms with Gasteiger partial charge in [0.2, 0.25) is 0 Å². The van der Waals surface area contributed by atoms with E-state index in [1.54, 1.807) is 0 Å². The van der Waals surface area contributed by atoms with Crippen LogP contribution in [-0.4, -0.2) is 16.3 Å². The number of aromatic amines is 1. The predicted octanol–water partition coefficient (Wildman–Crippen LogP) is 3.21. The lowest BCUT2D eigenvalue weighted by atomic mass is 10.1. The number of nitrogens with one attached hydrogen (secondary N) is 1. The lowest BCUT2D eigenvalue weighted by Crippen LogP contribution is -1.93. The van der Waals surface area contributed by atoms with Gasteiger partial charge in [-0.15, -0.1) is 0 Å². The maximum Gasteiger partial charge on any atom is 0.264 e. The van der Waals surface area contributed by atoms with Crippen LogP contribution in [0.25, 0.3) is 11.0 Å². The van der Waals surface area contributed by atoms with Crippen molar-refractivity contribution in [1.82, 2.24) is 9.97 Å². The first-order chi connectivity index (χ1) is 7.65. The summed E-state index contributed by atoms with van der Waals surface area (Å²) in [7, 11) is 0. The average Bonchev–Trinajstić information content (AvgIpc) is 2.68. The molecule has 0 saturated carbocycles. The topological polar surface area (TPSA) is 45.8 Å². The lowest BCUT2D eigenvalue weighted by molar-refractivity contribution is 0.110. The van der Waals surface area contributed by atoms with Crippen LogP contribution in [0, 0.1) is 0 Å². The van der Waals surface area contributed by atoms with E-state index in [-0.39, 0.29) is 11.1 Å². The minimum absolute atomic E-state index is 0.0184. The smallest absolute Gasteiger partial charge is 0.264 e. The number of halogens is 3. The molecule has 16 heavy (non-hydrogen) atoms. The van der Waals surface area contributed by atoms with Crippen LogP contribution in [0.5, 0.6) is 0 Å². The van der Waals surface area contributed by atoms with Crippen LogP contribution in [-0.2, 0) is 5.33 Å². The number of aldehydes is 1. The summed E-state index contributed by atoms with van der Waals surface area (Å²) >= 11 is 3.21. The number of fused-ring (bicyclic) bond motifs is 1. The summed E-state index contributed by atoms with van der Waals surface area (Å²) in [5.74, 6) is 0.637. The first kappa shape index (κ1) is 11.2. The molecule has 0 atom stereocenters. The highest BCUT2D eigenvalue weighted by atomic mass is 79.9. The molecule has 0 amide bonds. The maximum atomic E-state index is 12.6. The predicted molar refractivity (Wildman–Crippen MR) is 59.1 cm³/mol. The minimum atomic E-state index is -2.67. The van der Waals surface area contributed by atoms with Crippen LogP contribution in [0.15, 0.2) is 12.1 Å². The quantitative estimate of drug-likeness (QED) is 0.696. The number of H-pyrrole nitrogens is 1. The van der Waals surface area contributed by atoms with Crippen molar-refractivity contribution in [2.75, 3.05) is 0 Å². The van der Waals surface area contributed by atoms with Gasteiger partial charge in [-0.1, -0.05) is 15.9 Å². The molecule has 3 nitrogen and oxygen atoms in total. The minimum Gasteiger partial charge on any atom is -0.341 e. The number of alkyl halides is 3. The van der Waals surface area contributed by atoms with Gasteiger partial charge in [0.25, 0.3) is 6.43 Å². The molecule has 0 bridgehead atoms. The molecule has 6 heteroatoms. The number of imidazole rings is 1. The van der Waals surface area contributed by atoms with E-state index in [9.17, 15) is 13.6 Å². The van der Waals surface area contributed by atoms with E-state index in [4.69, 9.17) is 0 Å². The third-order valence-corrected chi connectivity index (χ3v) is 2.76. The molecular formula is C10H7BrF2N2O.